The van der Waals surface area contributed by atoms with Gasteiger partial charge in [-0.3, -0.25) is 0 Å². The van der Waals surface area contributed by atoms with Crippen LogP contribution in [0.5, 0.6) is 0 Å². The fourth-order valence-electron chi connectivity index (χ4n) is 2.02. The number of piperidine rings is 1. The van der Waals surface area contributed by atoms with Crippen molar-refractivity contribution in [3.8, 4) is 0 Å². The quantitative estimate of drug-likeness (QED) is 0.777. The molecule has 0 amide bonds. The summed E-state index contributed by atoms with van der Waals surface area (Å²) in [6, 6.07) is 0.805. The Balaban J connectivity index is 0. The zero-order valence-corrected chi connectivity index (χ0v) is 11.0. The standard InChI is InChI=1S/C10H23N3.C2H6.H2/c1-3-12(2)10-4-7-13(8-5-10)9-6-11;1-2;/h10H,3-9,11H2,1-2H3;1-2H3;1H. The molecule has 0 atom stereocenters. The summed E-state index contributed by atoms with van der Waals surface area (Å²) >= 11 is 0. The Labute approximate surface area is 97.1 Å². The molecule has 0 aliphatic carbocycles. The first-order valence-corrected chi connectivity index (χ1v) is 6.40. The van der Waals surface area contributed by atoms with Gasteiger partial charge in [-0.05, 0) is 39.5 Å². The van der Waals surface area contributed by atoms with Crippen molar-refractivity contribution in [3.05, 3.63) is 0 Å². The highest BCUT2D eigenvalue weighted by Crippen LogP contribution is 2.14. The lowest BCUT2D eigenvalue weighted by atomic mass is 10.0. The van der Waals surface area contributed by atoms with Crippen LogP contribution in [0, 0.1) is 0 Å². The lowest BCUT2D eigenvalue weighted by Gasteiger charge is -2.36. The Morgan fingerprint density at radius 1 is 1.33 bits per heavy atom. The summed E-state index contributed by atoms with van der Waals surface area (Å²) in [7, 11) is 2.23. The molecule has 0 unspecified atom stereocenters. The molecule has 1 fully saturated rings. The third-order valence-corrected chi connectivity index (χ3v) is 3.12. The highest BCUT2D eigenvalue weighted by molar-refractivity contribution is 4.77. The van der Waals surface area contributed by atoms with Crippen LogP contribution >= 0.6 is 0 Å². The van der Waals surface area contributed by atoms with Gasteiger partial charge in [0, 0.05) is 20.6 Å². The van der Waals surface area contributed by atoms with E-state index in [1.807, 2.05) is 13.8 Å². The molecule has 0 saturated carbocycles. The van der Waals surface area contributed by atoms with Crippen molar-refractivity contribution < 1.29 is 1.43 Å². The van der Waals surface area contributed by atoms with Crippen molar-refractivity contribution in [2.45, 2.75) is 39.7 Å². The van der Waals surface area contributed by atoms with E-state index in [0.717, 1.165) is 19.1 Å². The number of rotatable bonds is 4. The molecule has 1 rings (SSSR count). The molecule has 3 nitrogen and oxygen atoms in total. The van der Waals surface area contributed by atoms with Gasteiger partial charge in [-0.2, -0.15) is 0 Å². The molecule has 0 radical (unpaired) electrons. The molecule has 0 aromatic heterocycles. The van der Waals surface area contributed by atoms with Gasteiger partial charge >= 0.3 is 0 Å². The highest BCUT2D eigenvalue weighted by atomic mass is 15.2. The minimum absolute atomic E-state index is 0. The summed E-state index contributed by atoms with van der Waals surface area (Å²) < 4.78 is 0. The molecular weight excluding hydrogens is 186 g/mol. The minimum Gasteiger partial charge on any atom is -0.329 e. The van der Waals surface area contributed by atoms with E-state index in [1.165, 1.54) is 32.5 Å². The van der Waals surface area contributed by atoms with Crippen LogP contribution in [0.4, 0.5) is 0 Å². The third-order valence-electron chi connectivity index (χ3n) is 3.12. The average Bonchev–Trinajstić information content (AvgIpc) is 2.32. The molecule has 1 aliphatic heterocycles. The Morgan fingerprint density at radius 2 is 1.87 bits per heavy atom. The van der Waals surface area contributed by atoms with Crippen molar-refractivity contribution in [3.63, 3.8) is 0 Å². The van der Waals surface area contributed by atoms with E-state index in [1.54, 1.807) is 0 Å². The second kappa shape index (κ2) is 9.13. The first-order valence-electron chi connectivity index (χ1n) is 6.40. The second-order valence-electron chi connectivity index (χ2n) is 3.93. The smallest absolute Gasteiger partial charge is 0.0116 e. The van der Waals surface area contributed by atoms with Crippen molar-refractivity contribution >= 4 is 0 Å². The molecule has 15 heavy (non-hydrogen) atoms. The van der Waals surface area contributed by atoms with Gasteiger partial charge in [-0.15, -0.1) is 0 Å². The number of nitrogens with zero attached hydrogens (tertiary/aromatic N) is 2. The Bertz CT molecular complexity index is 136. The molecule has 1 heterocycles. The minimum atomic E-state index is 0. The molecule has 0 aromatic carbocycles. The van der Waals surface area contributed by atoms with E-state index in [0.29, 0.717) is 0 Å². The lowest BCUT2D eigenvalue weighted by Crippen LogP contribution is -2.44. The topological polar surface area (TPSA) is 32.5 Å². The van der Waals surface area contributed by atoms with Crippen molar-refractivity contribution in [2.24, 2.45) is 5.73 Å². The maximum absolute atomic E-state index is 5.53. The third kappa shape index (κ3) is 5.50. The van der Waals surface area contributed by atoms with Gasteiger partial charge < -0.3 is 15.5 Å². The first kappa shape index (κ1) is 14.9. The van der Waals surface area contributed by atoms with Crippen LogP contribution < -0.4 is 5.73 Å². The average molecular weight is 217 g/mol. The van der Waals surface area contributed by atoms with Crippen LogP contribution in [0.25, 0.3) is 0 Å². The molecule has 2 N–H and O–H groups in total. The normalized spacial score (nSPS) is 18.8. The largest absolute Gasteiger partial charge is 0.329 e. The van der Waals surface area contributed by atoms with Crippen LogP contribution in [0.15, 0.2) is 0 Å². The summed E-state index contributed by atoms with van der Waals surface area (Å²) in [5.74, 6) is 0. The first-order chi connectivity index (χ1) is 7.27. The monoisotopic (exact) mass is 217 g/mol. The zero-order valence-electron chi connectivity index (χ0n) is 11.0. The van der Waals surface area contributed by atoms with Gasteiger partial charge in [-0.25, -0.2) is 0 Å². The van der Waals surface area contributed by atoms with Crippen LogP contribution in [0.3, 0.4) is 0 Å². The number of hydrogen-bond acceptors (Lipinski definition) is 3. The predicted octanol–water partition coefficient (Wildman–Crippen LogP) is 1.63. The van der Waals surface area contributed by atoms with Crippen molar-refractivity contribution in [2.75, 3.05) is 39.8 Å². The molecule has 3 heteroatoms. The molecule has 0 bridgehead atoms. The maximum atomic E-state index is 5.53. The van der Waals surface area contributed by atoms with Crippen LogP contribution in [0.2, 0.25) is 0 Å². The summed E-state index contributed by atoms with van der Waals surface area (Å²) in [6.07, 6.45) is 2.62. The molecule has 0 aromatic rings. The number of nitrogens with two attached hydrogens (primary N) is 1. The van der Waals surface area contributed by atoms with E-state index < -0.39 is 0 Å². The Kier molecular flexibility index (Phi) is 9.06. The van der Waals surface area contributed by atoms with E-state index >= 15 is 0 Å². The molecule has 94 valence electrons. The van der Waals surface area contributed by atoms with Gasteiger partial charge in [0.15, 0.2) is 0 Å². The summed E-state index contributed by atoms with van der Waals surface area (Å²) in [4.78, 5) is 4.93. The van der Waals surface area contributed by atoms with Crippen molar-refractivity contribution in [1.82, 2.24) is 9.80 Å². The predicted molar refractivity (Wildman–Crippen MR) is 70.3 cm³/mol. The molecular formula is C12H31N3. The van der Waals surface area contributed by atoms with Gasteiger partial charge in [0.2, 0.25) is 0 Å². The van der Waals surface area contributed by atoms with Crippen molar-refractivity contribution in [1.29, 1.82) is 0 Å². The van der Waals surface area contributed by atoms with E-state index in [2.05, 4.69) is 23.8 Å². The van der Waals surface area contributed by atoms with Gasteiger partial charge in [0.25, 0.3) is 0 Å². The van der Waals surface area contributed by atoms with Crippen LogP contribution in [0.1, 0.15) is 35.0 Å². The zero-order chi connectivity index (χ0) is 11.7. The SMILES string of the molecule is CC.CCN(C)C1CCN(CCN)CC1.[HH]. The van der Waals surface area contributed by atoms with E-state index in [4.69, 9.17) is 5.73 Å². The second-order valence-corrected chi connectivity index (χ2v) is 3.93. The molecule has 1 aliphatic rings. The molecule has 1 saturated heterocycles. The van der Waals surface area contributed by atoms with E-state index in [9.17, 15) is 0 Å². The molecule has 0 spiro atoms. The summed E-state index contributed by atoms with van der Waals surface area (Å²) in [6.45, 7) is 11.7. The van der Waals surface area contributed by atoms with Crippen LogP contribution in [-0.4, -0.2) is 55.6 Å². The van der Waals surface area contributed by atoms with Crippen LogP contribution in [-0.2, 0) is 0 Å². The number of hydrogen-bond donors (Lipinski definition) is 1. The lowest BCUT2D eigenvalue weighted by molar-refractivity contribution is 0.134. The Hall–Kier alpha value is -0.120. The Morgan fingerprint density at radius 3 is 2.27 bits per heavy atom. The fraction of sp³-hybridized carbons (Fsp3) is 1.00. The maximum Gasteiger partial charge on any atom is 0.0116 e. The van der Waals surface area contributed by atoms with Gasteiger partial charge in [0.05, 0.1) is 0 Å². The summed E-state index contributed by atoms with van der Waals surface area (Å²) in [5.41, 5.74) is 5.53. The van der Waals surface area contributed by atoms with Gasteiger partial charge in [-0.1, -0.05) is 20.8 Å². The number of likely N-dealkylation sites (tertiary alicyclic amines) is 1. The fourth-order valence-corrected chi connectivity index (χ4v) is 2.02. The van der Waals surface area contributed by atoms with E-state index in [-0.39, 0.29) is 1.43 Å². The summed E-state index contributed by atoms with van der Waals surface area (Å²) in [5, 5.41) is 0. The highest BCUT2D eigenvalue weighted by Gasteiger charge is 2.20. The van der Waals surface area contributed by atoms with Gasteiger partial charge in [0.1, 0.15) is 0 Å².